The van der Waals surface area contributed by atoms with Gasteiger partial charge in [-0.2, -0.15) is 0 Å². The lowest BCUT2D eigenvalue weighted by molar-refractivity contribution is 0.0693. The zero-order chi connectivity index (χ0) is 21.3. The molecule has 0 aliphatic rings. The van der Waals surface area contributed by atoms with Crippen molar-refractivity contribution in [3.8, 4) is 26.9 Å². The molecule has 3 rings (SSSR count). The van der Waals surface area contributed by atoms with Gasteiger partial charge in [-0.05, 0) is 19.1 Å². The number of aromatic hydroxyl groups is 1. The second kappa shape index (κ2) is 8.13. The number of thiazole rings is 2. The molecule has 8 nitrogen and oxygen atoms in total. The topological polar surface area (TPSA) is 116 Å². The Morgan fingerprint density at radius 2 is 2.00 bits per heavy atom. The lowest BCUT2D eigenvalue weighted by atomic mass is 10.1. The normalized spacial score (nSPS) is 10.8. The number of phenols is 1. The number of carbonyl (C=O) groups excluding carboxylic acids is 1. The van der Waals surface area contributed by atoms with E-state index < -0.39 is 23.1 Å². The van der Waals surface area contributed by atoms with Gasteiger partial charge in [0.25, 0.3) is 0 Å². The molecular weight excluding hydrogens is 419 g/mol. The molecule has 0 aliphatic carbocycles. The minimum atomic E-state index is -1.41. The largest absolute Gasteiger partial charge is 0.507 e. The number of nitrogens with zero attached hydrogens (tertiary/aromatic N) is 3. The molecule has 2 aromatic heterocycles. The zero-order valence-corrected chi connectivity index (χ0v) is 17.3. The number of hydrogen-bond acceptors (Lipinski definition) is 7. The van der Waals surface area contributed by atoms with Crippen molar-refractivity contribution in [3.63, 3.8) is 0 Å². The molecule has 0 aliphatic heterocycles. The van der Waals surface area contributed by atoms with Crippen LogP contribution in [0.1, 0.15) is 21.1 Å². The Hall–Kier alpha value is -3.05. The van der Waals surface area contributed by atoms with Crippen LogP contribution in [0, 0.1) is 12.7 Å². The van der Waals surface area contributed by atoms with Gasteiger partial charge in [-0.25, -0.2) is 23.9 Å². The molecule has 2 heterocycles. The van der Waals surface area contributed by atoms with Gasteiger partial charge in [0.1, 0.15) is 27.1 Å². The molecule has 11 heteroatoms. The van der Waals surface area contributed by atoms with Crippen molar-refractivity contribution in [1.29, 1.82) is 0 Å². The maximum absolute atomic E-state index is 14.4. The Bertz CT molecular complexity index is 1090. The zero-order valence-electron chi connectivity index (χ0n) is 15.7. The van der Waals surface area contributed by atoms with E-state index in [1.165, 1.54) is 27.6 Å². The van der Waals surface area contributed by atoms with Gasteiger partial charge in [0.05, 0.1) is 22.8 Å². The van der Waals surface area contributed by atoms with E-state index in [1.807, 2.05) is 6.92 Å². The van der Waals surface area contributed by atoms with Crippen molar-refractivity contribution in [1.82, 2.24) is 20.2 Å². The number of aromatic nitrogens is 2. The predicted octanol–water partition coefficient (Wildman–Crippen LogP) is 3.56. The lowest BCUT2D eigenvalue weighted by Crippen LogP contribution is -2.33. The summed E-state index contributed by atoms with van der Waals surface area (Å²) in [6.07, 6.45) is 0. The van der Waals surface area contributed by atoms with Crippen LogP contribution in [-0.2, 0) is 6.54 Å². The van der Waals surface area contributed by atoms with Crippen LogP contribution in [0.5, 0.6) is 5.75 Å². The monoisotopic (exact) mass is 436 g/mol. The molecule has 0 atom stereocenters. The van der Waals surface area contributed by atoms with Gasteiger partial charge in [-0.3, -0.25) is 0 Å². The van der Waals surface area contributed by atoms with Gasteiger partial charge < -0.3 is 20.4 Å². The summed E-state index contributed by atoms with van der Waals surface area (Å²) in [6, 6.07) is 1.61. The second-order valence-corrected chi connectivity index (χ2v) is 8.21. The fourth-order valence-corrected chi connectivity index (χ4v) is 4.34. The number of halogens is 1. The Morgan fingerprint density at radius 1 is 1.28 bits per heavy atom. The SMILES string of the molecule is Cc1nc(CNC(=O)N(C)C)sc1-c1csc(-c2cc(O)c(C(=O)O)cc2F)n1. The van der Waals surface area contributed by atoms with Gasteiger partial charge >= 0.3 is 12.0 Å². The summed E-state index contributed by atoms with van der Waals surface area (Å²) in [6.45, 7) is 2.09. The lowest BCUT2D eigenvalue weighted by Gasteiger charge is -2.10. The standard InChI is InChI=1S/C18H17FN4O4S2/c1-8-15(29-14(21-8)6-20-18(27)23(2)3)12-7-28-16(22-12)9-5-13(24)10(17(25)26)4-11(9)19/h4-5,7,24H,6H2,1-3H3,(H,20,27)(H,25,26). The first-order chi connectivity index (χ1) is 13.7. The van der Waals surface area contributed by atoms with E-state index >= 15 is 0 Å². The van der Waals surface area contributed by atoms with Crippen molar-refractivity contribution in [2.75, 3.05) is 14.1 Å². The Morgan fingerprint density at radius 3 is 2.66 bits per heavy atom. The minimum absolute atomic E-state index is 0.0180. The molecule has 2 amide bonds. The molecule has 152 valence electrons. The Kier molecular flexibility index (Phi) is 5.80. The number of benzene rings is 1. The summed E-state index contributed by atoms with van der Waals surface area (Å²) >= 11 is 2.54. The van der Waals surface area contributed by atoms with Crippen molar-refractivity contribution in [3.05, 3.63) is 39.6 Å². The Balaban J connectivity index is 1.86. The molecular formula is C18H17FN4O4S2. The highest BCUT2D eigenvalue weighted by Gasteiger charge is 2.19. The van der Waals surface area contributed by atoms with Gasteiger partial charge in [-0.15, -0.1) is 22.7 Å². The summed E-state index contributed by atoms with van der Waals surface area (Å²) in [7, 11) is 3.29. The number of rotatable bonds is 5. The minimum Gasteiger partial charge on any atom is -0.507 e. The molecule has 0 fully saturated rings. The van der Waals surface area contributed by atoms with E-state index in [-0.39, 0.29) is 18.1 Å². The molecule has 0 radical (unpaired) electrons. The van der Waals surface area contributed by atoms with Crippen molar-refractivity contribution in [2.45, 2.75) is 13.5 Å². The van der Waals surface area contributed by atoms with Crippen LogP contribution in [0.25, 0.3) is 21.1 Å². The molecule has 29 heavy (non-hydrogen) atoms. The van der Waals surface area contributed by atoms with E-state index in [1.54, 1.807) is 19.5 Å². The average molecular weight is 436 g/mol. The first kappa shape index (κ1) is 20.7. The maximum Gasteiger partial charge on any atom is 0.339 e. The van der Waals surface area contributed by atoms with Crippen LogP contribution in [0.15, 0.2) is 17.5 Å². The highest BCUT2D eigenvalue weighted by molar-refractivity contribution is 7.16. The summed E-state index contributed by atoms with van der Waals surface area (Å²) < 4.78 is 14.4. The summed E-state index contributed by atoms with van der Waals surface area (Å²) in [4.78, 5) is 33.7. The fourth-order valence-electron chi connectivity index (χ4n) is 2.47. The molecule has 0 unspecified atom stereocenters. The van der Waals surface area contributed by atoms with E-state index in [0.29, 0.717) is 15.7 Å². The molecule has 0 saturated heterocycles. The van der Waals surface area contributed by atoms with Crippen LogP contribution in [0.3, 0.4) is 0 Å². The van der Waals surface area contributed by atoms with Crippen molar-refractivity contribution in [2.24, 2.45) is 0 Å². The van der Waals surface area contributed by atoms with Crippen LogP contribution < -0.4 is 5.32 Å². The number of carboxylic acids is 1. The number of aryl methyl sites for hydroxylation is 1. The summed E-state index contributed by atoms with van der Waals surface area (Å²) in [5.74, 6) is -2.73. The first-order valence-electron chi connectivity index (χ1n) is 8.31. The first-order valence-corrected chi connectivity index (χ1v) is 10.0. The summed E-state index contributed by atoms with van der Waals surface area (Å²) in [5, 5.41) is 24.3. The number of carboxylic acid groups (broad SMARTS) is 1. The number of amides is 2. The van der Waals surface area contributed by atoms with Gasteiger partial charge in [0, 0.05) is 25.0 Å². The van der Waals surface area contributed by atoms with E-state index in [9.17, 15) is 19.1 Å². The predicted molar refractivity (Wildman–Crippen MR) is 108 cm³/mol. The summed E-state index contributed by atoms with van der Waals surface area (Å²) in [5.41, 5.74) is 0.826. The molecule has 0 saturated carbocycles. The maximum atomic E-state index is 14.4. The smallest absolute Gasteiger partial charge is 0.339 e. The van der Waals surface area contributed by atoms with Gasteiger partial charge in [-0.1, -0.05) is 0 Å². The number of urea groups is 1. The highest BCUT2D eigenvalue weighted by Crippen LogP contribution is 2.36. The highest BCUT2D eigenvalue weighted by atomic mass is 32.1. The third-order valence-electron chi connectivity index (χ3n) is 3.92. The molecule has 0 bridgehead atoms. The Labute approximate surface area is 173 Å². The van der Waals surface area contributed by atoms with Crippen LogP contribution in [0.4, 0.5) is 9.18 Å². The second-order valence-electron chi connectivity index (χ2n) is 6.27. The average Bonchev–Trinajstić information content (AvgIpc) is 3.27. The van der Waals surface area contributed by atoms with Crippen LogP contribution in [0.2, 0.25) is 0 Å². The van der Waals surface area contributed by atoms with Gasteiger partial charge in [0.15, 0.2) is 0 Å². The van der Waals surface area contributed by atoms with E-state index in [4.69, 9.17) is 5.11 Å². The fraction of sp³-hybridized carbons (Fsp3) is 0.222. The van der Waals surface area contributed by atoms with E-state index in [2.05, 4.69) is 15.3 Å². The number of hydrogen-bond donors (Lipinski definition) is 3. The molecule has 0 spiro atoms. The van der Waals surface area contributed by atoms with Crippen LogP contribution in [-0.4, -0.2) is 51.2 Å². The van der Waals surface area contributed by atoms with E-state index in [0.717, 1.165) is 22.7 Å². The van der Waals surface area contributed by atoms with Crippen molar-refractivity contribution < 1.29 is 24.2 Å². The number of carbonyl (C=O) groups is 2. The third-order valence-corrected chi connectivity index (χ3v) is 5.98. The quantitative estimate of drug-likeness (QED) is 0.563. The number of nitrogens with one attached hydrogen (secondary N) is 1. The van der Waals surface area contributed by atoms with Gasteiger partial charge in [0.2, 0.25) is 0 Å². The molecule has 3 aromatic rings. The molecule has 1 aromatic carbocycles. The number of aromatic carboxylic acids is 1. The van der Waals surface area contributed by atoms with Crippen molar-refractivity contribution >= 4 is 34.7 Å². The van der Waals surface area contributed by atoms with Crippen LogP contribution >= 0.6 is 22.7 Å². The third kappa shape index (κ3) is 4.35. The molecule has 3 N–H and O–H groups in total.